The summed E-state index contributed by atoms with van der Waals surface area (Å²) in [6.45, 7) is 10.4. The molecule has 0 spiro atoms. The van der Waals surface area contributed by atoms with Crippen molar-refractivity contribution in [2.24, 2.45) is 29.6 Å². The fourth-order valence-electron chi connectivity index (χ4n) is 6.33. The Labute approximate surface area is 181 Å². The van der Waals surface area contributed by atoms with Crippen molar-refractivity contribution in [3.05, 3.63) is 29.8 Å². The van der Waals surface area contributed by atoms with E-state index in [1.165, 1.54) is 69.8 Å². The number of ether oxygens (including phenoxy) is 1. The second kappa shape index (κ2) is 11.4. The van der Waals surface area contributed by atoms with Crippen LogP contribution in [0, 0.1) is 29.6 Å². The molecule has 0 radical (unpaired) electrons. The van der Waals surface area contributed by atoms with Crippen LogP contribution >= 0.6 is 0 Å². The molecule has 2 fully saturated rings. The first-order chi connectivity index (χ1) is 14.1. The molecule has 2 saturated carbocycles. The molecule has 2 unspecified atom stereocenters. The maximum atomic E-state index is 5.75. The molecule has 164 valence electrons. The molecular formula is C28H46O. The van der Waals surface area contributed by atoms with E-state index in [-0.39, 0.29) is 0 Å². The number of benzene rings is 1. The van der Waals surface area contributed by atoms with Gasteiger partial charge in [0.2, 0.25) is 0 Å². The Kier molecular flexibility index (Phi) is 8.94. The van der Waals surface area contributed by atoms with Crippen molar-refractivity contribution in [1.29, 1.82) is 0 Å². The average Bonchev–Trinajstić information content (AvgIpc) is 2.78. The first-order valence-electron chi connectivity index (χ1n) is 12.8. The minimum Gasteiger partial charge on any atom is -0.494 e. The number of hydrogen-bond donors (Lipinski definition) is 0. The van der Waals surface area contributed by atoms with Gasteiger partial charge in [-0.15, -0.1) is 0 Å². The summed E-state index contributed by atoms with van der Waals surface area (Å²) in [6, 6.07) is 8.95. The summed E-state index contributed by atoms with van der Waals surface area (Å²) >= 11 is 0. The highest BCUT2D eigenvalue weighted by atomic mass is 16.5. The van der Waals surface area contributed by atoms with E-state index in [4.69, 9.17) is 4.74 Å². The lowest BCUT2D eigenvalue weighted by atomic mass is 9.65. The smallest absolute Gasteiger partial charge is 0.119 e. The van der Waals surface area contributed by atoms with Crippen LogP contribution in [0.5, 0.6) is 5.75 Å². The zero-order chi connectivity index (χ0) is 20.6. The van der Waals surface area contributed by atoms with Crippen LogP contribution < -0.4 is 4.74 Å². The minimum absolute atomic E-state index is 0.677. The van der Waals surface area contributed by atoms with Crippen LogP contribution in [0.25, 0.3) is 0 Å². The fourth-order valence-corrected chi connectivity index (χ4v) is 6.33. The lowest BCUT2D eigenvalue weighted by Gasteiger charge is -2.40. The van der Waals surface area contributed by atoms with Gasteiger partial charge in [-0.3, -0.25) is 0 Å². The van der Waals surface area contributed by atoms with E-state index in [9.17, 15) is 0 Å². The van der Waals surface area contributed by atoms with Gasteiger partial charge < -0.3 is 4.74 Å². The molecule has 1 aromatic carbocycles. The van der Waals surface area contributed by atoms with Crippen LogP contribution in [0.2, 0.25) is 0 Å². The first-order valence-corrected chi connectivity index (χ1v) is 12.8. The molecule has 29 heavy (non-hydrogen) atoms. The van der Waals surface area contributed by atoms with E-state index < -0.39 is 0 Å². The minimum atomic E-state index is 0.677. The predicted molar refractivity (Wildman–Crippen MR) is 126 cm³/mol. The third-order valence-corrected chi connectivity index (χ3v) is 8.48. The van der Waals surface area contributed by atoms with Crippen molar-refractivity contribution in [1.82, 2.24) is 0 Å². The van der Waals surface area contributed by atoms with Crippen LogP contribution in [-0.4, -0.2) is 6.61 Å². The molecule has 1 nitrogen and oxygen atoms in total. The average molecular weight is 399 g/mol. The third-order valence-electron chi connectivity index (χ3n) is 8.48. The highest BCUT2D eigenvalue weighted by Gasteiger charge is 2.33. The first kappa shape index (κ1) is 22.7. The van der Waals surface area contributed by atoms with Crippen LogP contribution in [0.3, 0.4) is 0 Å². The van der Waals surface area contributed by atoms with Gasteiger partial charge in [0.05, 0.1) is 6.61 Å². The van der Waals surface area contributed by atoms with Crippen molar-refractivity contribution in [2.45, 2.75) is 104 Å². The van der Waals surface area contributed by atoms with Crippen LogP contribution in [0.15, 0.2) is 24.3 Å². The summed E-state index contributed by atoms with van der Waals surface area (Å²) in [5.41, 5.74) is 1.50. The van der Waals surface area contributed by atoms with Gasteiger partial charge in [-0.2, -0.15) is 0 Å². The lowest BCUT2D eigenvalue weighted by molar-refractivity contribution is 0.118. The predicted octanol–water partition coefficient (Wildman–Crippen LogP) is 8.63. The van der Waals surface area contributed by atoms with Gasteiger partial charge in [-0.1, -0.05) is 65.5 Å². The summed E-state index contributed by atoms with van der Waals surface area (Å²) in [5.74, 6) is 6.54. The second-order valence-electron chi connectivity index (χ2n) is 10.3. The molecular weight excluding hydrogens is 352 g/mol. The molecule has 3 rings (SSSR count). The Hall–Kier alpha value is -0.980. The topological polar surface area (TPSA) is 9.23 Å². The van der Waals surface area contributed by atoms with Crippen LogP contribution in [0.1, 0.15) is 110 Å². The standard InChI is InChI=1S/C28H46O/c1-5-7-23-8-10-24(11-9-23)21(3)25-12-14-26(15-13-25)22(4)27-16-18-28(19-17-27)29-20-6-2/h16-19,21-26H,5-15,20H2,1-4H3. The van der Waals surface area contributed by atoms with E-state index in [0.29, 0.717) is 5.92 Å². The normalized spacial score (nSPS) is 29.9. The fraction of sp³-hybridized carbons (Fsp3) is 0.786. The summed E-state index contributed by atoms with van der Waals surface area (Å²) < 4.78 is 5.75. The van der Waals surface area contributed by atoms with E-state index in [0.717, 1.165) is 48.4 Å². The molecule has 0 amide bonds. The molecule has 0 N–H and O–H groups in total. The zero-order valence-corrected chi connectivity index (χ0v) is 19.7. The Morgan fingerprint density at radius 3 is 1.86 bits per heavy atom. The van der Waals surface area contributed by atoms with Gasteiger partial charge >= 0.3 is 0 Å². The van der Waals surface area contributed by atoms with Gasteiger partial charge in [0.15, 0.2) is 0 Å². The summed E-state index contributed by atoms with van der Waals surface area (Å²) in [5, 5.41) is 0. The third kappa shape index (κ3) is 6.25. The summed E-state index contributed by atoms with van der Waals surface area (Å²) in [6.07, 6.45) is 15.7. The molecule has 2 aliphatic rings. The van der Waals surface area contributed by atoms with E-state index >= 15 is 0 Å². The van der Waals surface area contributed by atoms with Gasteiger partial charge in [0.1, 0.15) is 5.75 Å². The molecule has 0 heterocycles. The van der Waals surface area contributed by atoms with Gasteiger partial charge in [-0.25, -0.2) is 0 Å². The monoisotopic (exact) mass is 398 g/mol. The number of rotatable bonds is 9. The van der Waals surface area contributed by atoms with E-state index in [1.54, 1.807) is 0 Å². The summed E-state index contributed by atoms with van der Waals surface area (Å²) in [7, 11) is 0. The van der Waals surface area contributed by atoms with Crippen LogP contribution in [-0.2, 0) is 0 Å². The van der Waals surface area contributed by atoms with E-state index in [1.807, 2.05) is 0 Å². The van der Waals surface area contributed by atoms with Crippen molar-refractivity contribution < 1.29 is 4.74 Å². The number of hydrogen-bond acceptors (Lipinski definition) is 1. The maximum Gasteiger partial charge on any atom is 0.119 e. The molecule has 2 atom stereocenters. The lowest BCUT2D eigenvalue weighted by Crippen LogP contribution is -2.29. The molecule has 1 heteroatoms. The Balaban J connectivity index is 1.44. The molecule has 1 aromatic rings. The maximum absolute atomic E-state index is 5.75. The second-order valence-corrected chi connectivity index (χ2v) is 10.3. The largest absolute Gasteiger partial charge is 0.494 e. The molecule has 0 aromatic heterocycles. The van der Waals surface area contributed by atoms with E-state index in [2.05, 4.69) is 52.0 Å². The van der Waals surface area contributed by atoms with Crippen molar-refractivity contribution in [2.75, 3.05) is 6.61 Å². The van der Waals surface area contributed by atoms with Crippen molar-refractivity contribution in [3.8, 4) is 5.75 Å². The highest BCUT2D eigenvalue weighted by molar-refractivity contribution is 5.29. The zero-order valence-electron chi connectivity index (χ0n) is 19.7. The molecule has 0 bridgehead atoms. The Morgan fingerprint density at radius 1 is 0.759 bits per heavy atom. The van der Waals surface area contributed by atoms with Gasteiger partial charge in [0.25, 0.3) is 0 Å². The molecule has 2 aliphatic carbocycles. The Morgan fingerprint density at radius 2 is 1.31 bits per heavy atom. The highest BCUT2D eigenvalue weighted by Crippen LogP contribution is 2.45. The van der Waals surface area contributed by atoms with Crippen molar-refractivity contribution in [3.63, 3.8) is 0 Å². The molecule has 0 aliphatic heterocycles. The Bertz CT molecular complexity index is 560. The quantitative estimate of drug-likeness (QED) is 0.404. The molecule has 0 saturated heterocycles. The van der Waals surface area contributed by atoms with Gasteiger partial charge in [0, 0.05) is 0 Å². The summed E-state index contributed by atoms with van der Waals surface area (Å²) in [4.78, 5) is 0. The van der Waals surface area contributed by atoms with Crippen LogP contribution in [0.4, 0.5) is 0 Å². The SMILES string of the molecule is CCCOc1ccc(C(C)C2CCC(C(C)C3CCC(CCC)CC3)CC2)cc1. The van der Waals surface area contributed by atoms with Gasteiger partial charge in [-0.05, 0) is 98.1 Å². The van der Waals surface area contributed by atoms with Crippen molar-refractivity contribution >= 4 is 0 Å².